The Morgan fingerprint density at radius 2 is 1.87 bits per heavy atom. The number of rotatable bonds is 4. The predicted octanol–water partition coefficient (Wildman–Crippen LogP) is 2.34. The van der Waals surface area contributed by atoms with E-state index in [1.54, 1.807) is 0 Å². The summed E-state index contributed by atoms with van der Waals surface area (Å²) >= 11 is 0. The number of aryl methyl sites for hydroxylation is 1. The van der Waals surface area contributed by atoms with Crippen LogP contribution in [0.3, 0.4) is 0 Å². The van der Waals surface area contributed by atoms with Crippen LogP contribution in [0.15, 0.2) is 24.3 Å². The number of nitrogens with zero attached hydrogens (tertiary/aromatic N) is 2. The predicted molar refractivity (Wildman–Crippen MR) is 93.4 cm³/mol. The van der Waals surface area contributed by atoms with Crippen molar-refractivity contribution in [2.45, 2.75) is 38.6 Å². The van der Waals surface area contributed by atoms with E-state index in [4.69, 9.17) is 0 Å². The van der Waals surface area contributed by atoms with Gasteiger partial charge in [0, 0.05) is 45.2 Å². The van der Waals surface area contributed by atoms with Crippen LogP contribution in [0.25, 0.3) is 0 Å². The van der Waals surface area contributed by atoms with Gasteiger partial charge in [0.1, 0.15) is 0 Å². The lowest BCUT2D eigenvalue weighted by Crippen LogP contribution is -2.47. The molecule has 4 nitrogen and oxygen atoms in total. The number of carbonyl (C=O) groups is 1. The molecule has 23 heavy (non-hydrogen) atoms. The molecule has 1 unspecified atom stereocenters. The number of nitrogens with one attached hydrogen (secondary N) is 1. The van der Waals surface area contributed by atoms with Crippen molar-refractivity contribution in [3.05, 3.63) is 35.4 Å². The summed E-state index contributed by atoms with van der Waals surface area (Å²) in [5, 5.41) is 3.30. The van der Waals surface area contributed by atoms with Crippen LogP contribution in [-0.4, -0.2) is 55.0 Å². The van der Waals surface area contributed by atoms with Crippen molar-refractivity contribution in [3.8, 4) is 0 Å². The molecule has 0 saturated carbocycles. The summed E-state index contributed by atoms with van der Waals surface area (Å²) < 4.78 is 0. The van der Waals surface area contributed by atoms with Gasteiger partial charge in [-0.05, 0) is 31.9 Å². The molecular weight excluding hydrogens is 286 g/mol. The molecule has 0 radical (unpaired) electrons. The van der Waals surface area contributed by atoms with Crippen LogP contribution in [0.2, 0.25) is 0 Å². The second kappa shape index (κ2) is 7.93. The molecule has 2 aliphatic rings. The van der Waals surface area contributed by atoms with Crippen LogP contribution in [0.4, 0.5) is 0 Å². The highest BCUT2D eigenvalue weighted by Crippen LogP contribution is 2.31. The maximum absolute atomic E-state index is 12.4. The first-order valence-electron chi connectivity index (χ1n) is 9.03. The summed E-state index contributed by atoms with van der Waals surface area (Å²) in [6.07, 6.45) is 4.41. The van der Waals surface area contributed by atoms with Crippen molar-refractivity contribution < 1.29 is 4.79 Å². The van der Waals surface area contributed by atoms with Crippen molar-refractivity contribution in [2.24, 2.45) is 0 Å². The number of hydrogen-bond donors (Lipinski definition) is 1. The summed E-state index contributed by atoms with van der Waals surface area (Å²) in [5.74, 6) is 0.319. The lowest BCUT2D eigenvalue weighted by Gasteiger charge is -2.36. The molecule has 0 spiro atoms. The maximum atomic E-state index is 12.4. The highest BCUT2D eigenvalue weighted by molar-refractivity contribution is 5.76. The molecular formula is C19H29N3O. The minimum absolute atomic E-state index is 0.319. The van der Waals surface area contributed by atoms with E-state index in [-0.39, 0.29) is 0 Å². The second-order valence-corrected chi connectivity index (χ2v) is 6.84. The first-order valence-corrected chi connectivity index (χ1v) is 9.03. The highest BCUT2D eigenvalue weighted by Gasteiger charge is 2.25. The van der Waals surface area contributed by atoms with Gasteiger partial charge in [-0.2, -0.15) is 0 Å². The van der Waals surface area contributed by atoms with Crippen LogP contribution in [0, 0.1) is 6.92 Å². The van der Waals surface area contributed by atoms with Crippen molar-refractivity contribution >= 4 is 5.91 Å². The van der Waals surface area contributed by atoms with Gasteiger partial charge < -0.3 is 10.2 Å². The molecule has 0 aliphatic carbocycles. The van der Waals surface area contributed by atoms with Crippen molar-refractivity contribution in [1.82, 2.24) is 15.1 Å². The van der Waals surface area contributed by atoms with E-state index in [9.17, 15) is 4.79 Å². The van der Waals surface area contributed by atoms with Gasteiger partial charge in [0.05, 0.1) is 0 Å². The van der Waals surface area contributed by atoms with E-state index >= 15 is 0 Å². The van der Waals surface area contributed by atoms with Gasteiger partial charge in [-0.1, -0.05) is 36.2 Å². The summed E-state index contributed by atoms with van der Waals surface area (Å²) in [7, 11) is 0. The maximum Gasteiger partial charge on any atom is 0.223 e. The Morgan fingerprint density at radius 3 is 2.61 bits per heavy atom. The second-order valence-electron chi connectivity index (χ2n) is 6.84. The van der Waals surface area contributed by atoms with E-state index in [0.717, 1.165) is 39.3 Å². The number of carbonyl (C=O) groups excluding carboxylic acids is 1. The largest absolute Gasteiger partial charge is 0.340 e. The zero-order chi connectivity index (χ0) is 16.1. The topological polar surface area (TPSA) is 35.6 Å². The molecule has 2 heterocycles. The van der Waals surface area contributed by atoms with Crippen LogP contribution < -0.4 is 5.32 Å². The van der Waals surface area contributed by atoms with Gasteiger partial charge in [-0.25, -0.2) is 0 Å². The monoisotopic (exact) mass is 315 g/mol. The Kier molecular flexibility index (Phi) is 5.68. The van der Waals surface area contributed by atoms with E-state index in [1.165, 1.54) is 30.4 Å². The highest BCUT2D eigenvalue weighted by atomic mass is 16.2. The van der Waals surface area contributed by atoms with Crippen LogP contribution >= 0.6 is 0 Å². The Hall–Kier alpha value is -1.39. The van der Waals surface area contributed by atoms with Crippen LogP contribution in [-0.2, 0) is 4.79 Å². The van der Waals surface area contributed by atoms with Gasteiger partial charge in [-0.15, -0.1) is 0 Å². The third-order valence-electron chi connectivity index (χ3n) is 5.16. The van der Waals surface area contributed by atoms with Crippen LogP contribution in [0.1, 0.15) is 42.9 Å². The van der Waals surface area contributed by atoms with Gasteiger partial charge in [0.2, 0.25) is 5.91 Å². The Morgan fingerprint density at radius 1 is 1.13 bits per heavy atom. The third-order valence-corrected chi connectivity index (χ3v) is 5.16. The number of hydrogen-bond acceptors (Lipinski definition) is 3. The normalized spacial score (nSPS) is 23.0. The number of benzene rings is 1. The van der Waals surface area contributed by atoms with Crippen molar-refractivity contribution in [3.63, 3.8) is 0 Å². The third kappa shape index (κ3) is 4.33. The number of amides is 1. The van der Waals surface area contributed by atoms with E-state index in [2.05, 4.69) is 41.4 Å². The van der Waals surface area contributed by atoms with Crippen LogP contribution in [0.5, 0.6) is 0 Å². The lowest BCUT2D eigenvalue weighted by atomic mass is 9.94. The van der Waals surface area contributed by atoms with Gasteiger partial charge in [-0.3, -0.25) is 9.69 Å². The fraction of sp³-hybridized carbons (Fsp3) is 0.632. The molecule has 2 aliphatic heterocycles. The van der Waals surface area contributed by atoms with Crippen molar-refractivity contribution in [1.29, 1.82) is 0 Å². The molecule has 1 aromatic carbocycles. The van der Waals surface area contributed by atoms with Gasteiger partial charge in [0.15, 0.2) is 0 Å². The summed E-state index contributed by atoms with van der Waals surface area (Å²) in [6, 6.07) is 9.41. The quantitative estimate of drug-likeness (QED) is 0.926. The molecule has 126 valence electrons. The summed E-state index contributed by atoms with van der Waals surface area (Å²) in [4.78, 5) is 16.9. The fourth-order valence-corrected chi connectivity index (χ4v) is 3.74. The minimum atomic E-state index is 0.319. The smallest absolute Gasteiger partial charge is 0.223 e. The molecule has 1 aromatic rings. The lowest BCUT2D eigenvalue weighted by molar-refractivity contribution is -0.132. The Bertz CT molecular complexity index is 508. The standard InChI is InChI=1S/C19H29N3O/c1-16-5-7-17(8-6-16)18-4-2-3-12-21(18)13-9-19(23)22-14-10-20-11-15-22/h5-8,18,20H,2-4,9-15H2,1H3. The zero-order valence-electron chi connectivity index (χ0n) is 14.3. The Balaban J connectivity index is 1.58. The number of piperidine rings is 1. The van der Waals surface area contributed by atoms with E-state index in [0.29, 0.717) is 18.4 Å². The molecule has 0 bridgehead atoms. The molecule has 0 aromatic heterocycles. The molecule has 3 rings (SSSR count). The van der Waals surface area contributed by atoms with Gasteiger partial charge in [0.25, 0.3) is 0 Å². The molecule has 2 fully saturated rings. The summed E-state index contributed by atoms with van der Waals surface area (Å²) in [6.45, 7) is 7.73. The SMILES string of the molecule is Cc1ccc(C2CCCCN2CCC(=O)N2CCNCC2)cc1. The fourth-order valence-electron chi connectivity index (χ4n) is 3.74. The zero-order valence-corrected chi connectivity index (χ0v) is 14.3. The number of piperazine rings is 1. The molecule has 1 N–H and O–H groups in total. The van der Waals surface area contributed by atoms with Gasteiger partial charge >= 0.3 is 0 Å². The Labute approximate surface area is 139 Å². The van der Waals surface area contributed by atoms with E-state index < -0.39 is 0 Å². The molecule has 1 amide bonds. The first-order chi connectivity index (χ1) is 11.2. The average Bonchev–Trinajstić information content (AvgIpc) is 2.61. The number of likely N-dealkylation sites (tertiary alicyclic amines) is 1. The molecule has 4 heteroatoms. The molecule has 1 atom stereocenters. The molecule has 2 saturated heterocycles. The summed E-state index contributed by atoms with van der Waals surface area (Å²) in [5.41, 5.74) is 2.72. The van der Waals surface area contributed by atoms with Crippen molar-refractivity contribution in [2.75, 3.05) is 39.3 Å². The first kappa shape index (κ1) is 16.5. The minimum Gasteiger partial charge on any atom is -0.340 e. The van der Waals surface area contributed by atoms with E-state index in [1.807, 2.05) is 4.90 Å². The average molecular weight is 315 g/mol.